The molecule has 0 amide bonds. The third-order valence-corrected chi connectivity index (χ3v) is 6.34. The largest absolute Gasteiger partial charge is 0.480 e. The maximum Gasteiger partial charge on any atom is 0.323 e. The SMILES string of the molecule is Cc1c(NS(=O)(=O)c2ccc(Cl)c(Cl)c2)c2cc(Cl)ccc2n1CC(=O)O. The average Bonchev–Trinajstić information content (AvgIpc) is 2.81. The van der Waals surface area contributed by atoms with Gasteiger partial charge in [0.15, 0.2) is 0 Å². The highest BCUT2D eigenvalue weighted by atomic mass is 35.5. The summed E-state index contributed by atoms with van der Waals surface area (Å²) in [5, 5.41) is 10.4. The minimum atomic E-state index is -3.99. The summed E-state index contributed by atoms with van der Waals surface area (Å²) in [5.41, 5.74) is 1.24. The number of aliphatic carboxylic acids is 1. The normalized spacial score (nSPS) is 11.7. The Hall–Kier alpha value is -1.93. The molecule has 0 radical (unpaired) electrons. The van der Waals surface area contributed by atoms with Gasteiger partial charge in [-0.25, -0.2) is 8.42 Å². The lowest BCUT2D eigenvalue weighted by Crippen LogP contribution is -2.14. The predicted molar refractivity (Wildman–Crippen MR) is 107 cm³/mol. The highest BCUT2D eigenvalue weighted by Crippen LogP contribution is 2.35. The lowest BCUT2D eigenvalue weighted by Gasteiger charge is -2.10. The standard InChI is InChI=1S/C17H13Cl3N2O4S/c1-9-17(21-27(25,26)11-3-4-13(19)14(20)7-11)12-6-10(18)2-5-15(12)22(9)8-16(23)24/h2-7,21H,8H2,1H3,(H,23,24). The summed E-state index contributed by atoms with van der Waals surface area (Å²) in [6.07, 6.45) is 0. The number of halogens is 3. The number of carbonyl (C=O) groups is 1. The molecule has 3 aromatic rings. The molecule has 3 rings (SSSR count). The van der Waals surface area contributed by atoms with E-state index >= 15 is 0 Å². The Labute approximate surface area is 170 Å². The first-order chi connectivity index (χ1) is 12.6. The van der Waals surface area contributed by atoms with Gasteiger partial charge in [-0.15, -0.1) is 0 Å². The molecule has 0 aliphatic heterocycles. The Morgan fingerprint density at radius 3 is 2.44 bits per heavy atom. The fourth-order valence-corrected chi connectivity index (χ4v) is 4.46. The van der Waals surface area contributed by atoms with Gasteiger partial charge in [0.2, 0.25) is 0 Å². The molecule has 142 valence electrons. The van der Waals surface area contributed by atoms with Crippen LogP contribution in [0.25, 0.3) is 10.9 Å². The lowest BCUT2D eigenvalue weighted by atomic mass is 10.2. The van der Waals surface area contributed by atoms with Crippen LogP contribution >= 0.6 is 34.8 Å². The Balaban J connectivity index is 2.16. The molecule has 1 heterocycles. The second-order valence-electron chi connectivity index (χ2n) is 5.78. The lowest BCUT2D eigenvalue weighted by molar-refractivity contribution is -0.137. The average molecular weight is 448 g/mol. The number of anilines is 1. The topological polar surface area (TPSA) is 88.4 Å². The van der Waals surface area contributed by atoms with Gasteiger partial charge in [-0.3, -0.25) is 9.52 Å². The van der Waals surface area contributed by atoms with Crippen LogP contribution in [0.3, 0.4) is 0 Å². The van der Waals surface area contributed by atoms with Gasteiger partial charge in [0, 0.05) is 16.1 Å². The van der Waals surface area contributed by atoms with E-state index in [0.717, 1.165) is 0 Å². The number of rotatable bonds is 5. The van der Waals surface area contributed by atoms with E-state index < -0.39 is 16.0 Å². The zero-order valence-corrected chi connectivity index (χ0v) is 16.9. The second kappa shape index (κ2) is 7.24. The molecule has 0 aliphatic carbocycles. The zero-order chi connectivity index (χ0) is 19.9. The number of sulfonamides is 1. The van der Waals surface area contributed by atoms with Gasteiger partial charge < -0.3 is 9.67 Å². The number of nitrogens with one attached hydrogen (secondary N) is 1. The van der Waals surface area contributed by atoms with Crippen molar-refractivity contribution < 1.29 is 18.3 Å². The van der Waals surface area contributed by atoms with Gasteiger partial charge in [-0.2, -0.15) is 0 Å². The van der Waals surface area contributed by atoms with Gasteiger partial charge in [-0.05, 0) is 43.3 Å². The van der Waals surface area contributed by atoms with Gasteiger partial charge in [0.25, 0.3) is 10.0 Å². The van der Waals surface area contributed by atoms with Crippen molar-refractivity contribution in [2.45, 2.75) is 18.4 Å². The molecule has 0 unspecified atom stereocenters. The molecule has 6 nitrogen and oxygen atoms in total. The minimum absolute atomic E-state index is 0.0718. The van der Waals surface area contributed by atoms with Gasteiger partial charge >= 0.3 is 5.97 Å². The molecule has 0 spiro atoms. The highest BCUT2D eigenvalue weighted by molar-refractivity contribution is 7.92. The Bertz CT molecular complexity index is 1170. The Morgan fingerprint density at radius 2 is 1.81 bits per heavy atom. The van der Waals surface area contributed by atoms with Crippen LogP contribution in [-0.2, 0) is 21.4 Å². The smallest absolute Gasteiger partial charge is 0.323 e. The molecule has 0 saturated carbocycles. The van der Waals surface area contributed by atoms with E-state index in [-0.39, 0.29) is 27.2 Å². The maximum absolute atomic E-state index is 12.8. The van der Waals surface area contributed by atoms with Gasteiger partial charge in [-0.1, -0.05) is 34.8 Å². The van der Waals surface area contributed by atoms with E-state index in [0.29, 0.717) is 21.6 Å². The molecule has 27 heavy (non-hydrogen) atoms. The summed E-state index contributed by atoms with van der Waals surface area (Å²) in [7, 11) is -3.99. The number of hydrogen-bond donors (Lipinski definition) is 2. The van der Waals surface area contributed by atoms with E-state index in [4.69, 9.17) is 39.9 Å². The molecule has 0 bridgehead atoms. The van der Waals surface area contributed by atoms with Crippen molar-refractivity contribution in [1.29, 1.82) is 0 Å². The van der Waals surface area contributed by atoms with Crippen molar-refractivity contribution >= 4 is 67.4 Å². The first-order valence-corrected chi connectivity index (χ1v) is 10.2. The number of aromatic nitrogens is 1. The predicted octanol–water partition coefficient (Wildman–Crippen LogP) is 4.80. The molecule has 10 heteroatoms. The monoisotopic (exact) mass is 446 g/mol. The second-order valence-corrected chi connectivity index (χ2v) is 8.72. The number of fused-ring (bicyclic) bond motifs is 1. The van der Waals surface area contributed by atoms with Crippen molar-refractivity contribution in [2.24, 2.45) is 0 Å². The van der Waals surface area contributed by atoms with Crippen molar-refractivity contribution in [2.75, 3.05) is 4.72 Å². The van der Waals surface area contributed by atoms with Gasteiger partial charge in [0.1, 0.15) is 6.54 Å². The summed E-state index contributed by atoms with van der Waals surface area (Å²) in [6.45, 7) is 1.31. The third kappa shape index (κ3) is 3.87. The van der Waals surface area contributed by atoms with Crippen molar-refractivity contribution in [1.82, 2.24) is 4.57 Å². The molecular weight excluding hydrogens is 435 g/mol. The Kier molecular flexibility index (Phi) is 5.31. The number of benzene rings is 2. The van der Waals surface area contributed by atoms with E-state index in [2.05, 4.69) is 4.72 Å². The number of hydrogen-bond acceptors (Lipinski definition) is 3. The molecule has 0 saturated heterocycles. The fourth-order valence-electron chi connectivity index (χ4n) is 2.76. The molecule has 0 atom stereocenters. The van der Waals surface area contributed by atoms with Crippen molar-refractivity contribution in [3.63, 3.8) is 0 Å². The van der Waals surface area contributed by atoms with Crippen LogP contribution in [0.2, 0.25) is 15.1 Å². The van der Waals surface area contributed by atoms with Gasteiger partial charge in [0.05, 0.1) is 26.1 Å². The van der Waals surface area contributed by atoms with E-state index in [1.54, 1.807) is 25.1 Å². The van der Waals surface area contributed by atoms with Crippen LogP contribution in [0.1, 0.15) is 5.69 Å². The quantitative estimate of drug-likeness (QED) is 0.588. The number of carboxylic acid groups (broad SMARTS) is 1. The fraction of sp³-hybridized carbons (Fsp3) is 0.118. The van der Waals surface area contributed by atoms with Crippen LogP contribution < -0.4 is 4.72 Å². The van der Waals surface area contributed by atoms with E-state index in [1.165, 1.54) is 22.8 Å². The van der Waals surface area contributed by atoms with E-state index in [1.807, 2.05) is 0 Å². The maximum atomic E-state index is 12.8. The minimum Gasteiger partial charge on any atom is -0.480 e. The van der Waals surface area contributed by atoms with Crippen molar-refractivity contribution in [3.8, 4) is 0 Å². The summed E-state index contributed by atoms with van der Waals surface area (Å²) in [5.74, 6) is -1.05. The summed E-state index contributed by atoms with van der Waals surface area (Å²) >= 11 is 17.8. The van der Waals surface area contributed by atoms with Crippen LogP contribution in [0.15, 0.2) is 41.3 Å². The third-order valence-electron chi connectivity index (χ3n) is 4.02. The van der Waals surface area contributed by atoms with Crippen LogP contribution in [-0.4, -0.2) is 24.1 Å². The first kappa shape index (κ1) is 19.8. The molecule has 0 fully saturated rings. The zero-order valence-electron chi connectivity index (χ0n) is 13.8. The molecule has 2 N–H and O–H groups in total. The summed E-state index contributed by atoms with van der Waals surface area (Å²) in [6, 6.07) is 8.79. The summed E-state index contributed by atoms with van der Waals surface area (Å²) in [4.78, 5) is 11.1. The molecule has 0 aliphatic rings. The first-order valence-electron chi connectivity index (χ1n) is 7.58. The summed E-state index contributed by atoms with van der Waals surface area (Å²) < 4.78 is 29.6. The Morgan fingerprint density at radius 1 is 1.11 bits per heavy atom. The van der Waals surface area contributed by atoms with Crippen LogP contribution in [0.5, 0.6) is 0 Å². The number of nitrogens with zero attached hydrogens (tertiary/aromatic N) is 1. The van der Waals surface area contributed by atoms with Crippen LogP contribution in [0, 0.1) is 6.92 Å². The van der Waals surface area contributed by atoms with E-state index in [9.17, 15) is 13.2 Å². The van der Waals surface area contributed by atoms with Crippen molar-refractivity contribution in [3.05, 3.63) is 57.2 Å². The number of carboxylic acids is 1. The molecular formula is C17H13Cl3N2O4S. The molecule has 2 aromatic carbocycles. The van der Waals surface area contributed by atoms with Crippen LogP contribution in [0.4, 0.5) is 5.69 Å². The highest BCUT2D eigenvalue weighted by Gasteiger charge is 2.22. The molecule has 1 aromatic heterocycles.